The van der Waals surface area contributed by atoms with Crippen LogP contribution in [0.5, 0.6) is 0 Å². The number of aliphatic hydroxyl groups is 1. The molecule has 1 aromatic rings. The average molecular weight is 412 g/mol. The number of alkyl halides is 3. The SMILES string of the molecule is C[C@@](O)(C(=O)N1CCC(C2=CCNN2c2ccc(C#N)cc2F)CC1)C(F)(F)F. The number of carbonyl (C=O) groups is 1. The van der Waals surface area contributed by atoms with Crippen molar-refractivity contribution in [2.45, 2.75) is 31.5 Å². The average Bonchev–Trinajstić information content (AvgIpc) is 3.16. The first-order valence-corrected chi connectivity index (χ1v) is 9.08. The quantitative estimate of drug-likeness (QED) is 0.746. The number of rotatable bonds is 3. The molecule has 0 aromatic heterocycles. The lowest BCUT2D eigenvalue weighted by molar-refractivity contribution is -0.250. The van der Waals surface area contributed by atoms with Crippen LogP contribution in [-0.2, 0) is 4.79 Å². The first-order valence-electron chi connectivity index (χ1n) is 9.08. The largest absolute Gasteiger partial charge is 0.426 e. The Morgan fingerprint density at radius 3 is 2.52 bits per heavy atom. The number of hydrazine groups is 1. The number of benzene rings is 1. The third-order valence-electron chi connectivity index (χ3n) is 5.31. The Balaban J connectivity index is 1.69. The Bertz CT molecular complexity index is 868. The summed E-state index contributed by atoms with van der Waals surface area (Å²) in [5, 5.41) is 20.1. The standard InChI is InChI=1S/C19H20F4N4O2/c1-18(29,19(21,22)23)17(28)26-8-5-13(6-9-26)15-4-7-25-27(15)16-3-2-12(11-24)10-14(16)20/h2-4,10,13,25,29H,5-9H2,1H3/t18-/m1/s1. The maximum Gasteiger partial charge on any atom is 0.426 e. The summed E-state index contributed by atoms with van der Waals surface area (Å²) in [5.41, 5.74) is 0.803. The second-order valence-corrected chi connectivity index (χ2v) is 7.24. The van der Waals surface area contributed by atoms with Crippen LogP contribution in [0.15, 0.2) is 30.0 Å². The zero-order valence-corrected chi connectivity index (χ0v) is 15.6. The van der Waals surface area contributed by atoms with Crippen molar-refractivity contribution in [3.05, 3.63) is 41.4 Å². The van der Waals surface area contributed by atoms with Crippen LogP contribution in [0, 0.1) is 23.1 Å². The predicted molar refractivity (Wildman–Crippen MR) is 95.7 cm³/mol. The van der Waals surface area contributed by atoms with Gasteiger partial charge in [0, 0.05) is 31.2 Å². The molecule has 2 aliphatic rings. The Morgan fingerprint density at radius 1 is 1.31 bits per heavy atom. The van der Waals surface area contributed by atoms with Crippen LogP contribution in [0.4, 0.5) is 23.2 Å². The van der Waals surface area contributed by atoms with Crippen LogP contribution in [0.3, 0.4) is 0 Å². The van der Waals surface area contributed by atoms with E-state index in [0.717, 1.165) is 16.7 Å². The van der Waals surface area contributed by atoms with Gasteiger partial charge in [-0.15, -0.1) is 0 Å². The number of anilines is 1. The Hall–Kier alpha value is -2.64. The van der Waals surface area contributed by atoms with E-state index >= 15 is 0 Å². The molecule has 2 N–H and O–H groups in total. The molecule has 2 aliphatic heterocycles. The van der Waals surface area contributed by atoms with E-state index in [1.807, 2.05) is 12.1 Å². The van der Waals surface area contributed by atoms with Gasteiger partial charge in [-0.3, -0.25) is 9.80 Å². The van der Waals surface area contributed by atoms with Crippen molar-refractivity contribution >= 4 is 11.6 Å². The highest BCUT2D eigenvalue weighted by Crippen LogP contribution is 2.36. The molecule has 0 bridgehead atoms. The minimum atomic E-state index is -5.05. The van der Waals surface area contributed by atoms with Crippen molar-refractivity contribution in [1.29, 1.82) is 5.26 Å². The maximum atomic E-state index is 14.4. The van der Waals surface area contributed by atoms with E-state index < -0.39 is 23.5 Å². The molecule has 2 heterocycles. The molecular weight excluding hydrogens is 392 g/mol. The van der Waals surface area contributed by atoms with E-state index in [4.69, 9.17) is 5.26 Å². The molecule has 0 unspecified atom stereocenters. The van der Waals surface area contributed by atoms with Gasteiger partial charge in [-0.2, -0.15) is 18.4 Å². The van der Waals surface area contributed by atoms with E-state index in [2.05, 4.69) is 5.43 Å². The predicted octanol–water partition coefficient (Wildman–Crippen LogP) is 2.46. The van der Waals surface area contributed by atoms with Gasteiger partial charge in [0.05, 0.1) is 17.3 Å². The summed E-state index contributed by atoms with van der Waals surface area (Å²) in [6.07, 6.45) is -2.43. The minimum absolute atomic E-state index is 0.0523. The molecule has 1 aromatic carbocycles. The summed E-state index contributed by atoms with van der Waals surface area (Å²) in [6, 6.07) is 5.98. The van der Waals surface area contributed by atoms with Gasteiger partial charge < -0.3 is 10.0 Å². The minimum Gasteiger partial charge on any atom is -0.373 e. The maximum absolute atomic E-state index is 14.4. The highest BCUT2D eigenvalue weighted by Gasteiger charge is 2.57. The number of hydrogen-bond donors (Lipinski definition) is 2. The summed E-state index contributed by atoms with van der Waals surface area (Å²) in [7, 11) is 0. The van der Waals surface area contributed by atoms with Gasteiger partial charge in [-0.05, 0) is 44.0 Å². The molecule has 6 nitrogen and oxygen atoms in total. The normalized spacial score (nSPS) is 20.2. The Kier molecular flexibility index (Phi) is 5.56. The first kappa shape index (κ1) is 21.1. The first-order chi connectivity index (χ1) is 13.6. The summed E-state index contributed by atoms with van der Waals surface area (Å²) < 4.78 is 53.1. The number of hydrogen-bond acceptors (Lipinski definition) is 5. The van der Waals surface area contributed by atoms with Crippen LogP contribution in [0.1, 0.15) is 25.3 Å². The third kappa shape index (κ3) is 3.93. The molecule has 1 fully saturated rings. The van der Waals surface area contributed by atoms with E-state index in [1.54, 1.807) is 5.01 Å². The topological polar surface area (TPSA) is 79.6 Å². The van der Waals surface area contributed by atoms with E-state index in [9.17, 15) is 27.5 Å². The fraction of sp³-hybridized carbons (Fsp3) is 0.474. The second-order valence-electron chi connectivity index (χ2n) is 7.24. The van der Waals surface area contributed by atoms with Crippen molar-refractivity contribution in [3.63, 3.8) is 0 Å². The summed E-state index contributed by atoms with van der Waals surface area (Å²) in [6.45, 7) is 1.02. The lowest BCUT2D eigenvalue weighted by Gasteiger charge is -2.38. The van der Waals surface area contributed by atoms with E-state index in [-0.39, 0.29) is 30.3 Å². The molecule has 0 spiro atoms. The molecule has 29 heavy (non-hydrogen) atoms. The van der Waals surface area contributed by atoms with Gasteiger partial charge in [0.25, 0.3) is 5.91 Å². The van der Waals surface area contributed by atoms with Gasteiger partial charge in [0.15, 0.2) is 0 Å². The van der Waals surface area contributed by atoms with Crippen molar-refractivity contribution in [3.8, 4) is 6.07 Å². The fourth-order valence-corrected chi connectivity index (χ4v) is 3.56. The van der Waals surface area contributed by atoms with Crippen molar-refractivity contribution in [2.24, 2.45) is 5.92 Å². The Labute approximate surface area is 165 Å². The molecule has 1 atom stereocenters. The number of likely N-dealkylation sites (tertiary alicyclic amines) is 1. The third-order valence-corrected chi connectivity index (χ3v) is 5.31. The van der Waals surface area contributed by atoms with Crippen LogP contribution >= 0.6 is 0 Å². The molecule has 1 amide bonds. The number of nitrogens with zero attached hydrogens (tertiary/aromatic N) is 3. The molecule has 1 saturated heterocycles. The van der Waals surface area contributed by atoms with Crippen molar-refractivity contribution < 1.29 is 27.5 Å². The molecule has 0 aliphatic carbocycles. The van der Waals surface area contributed by atoms with Gasteiger partial charge in [-0.25, -0.2) is 9.82 Å². The van der Waals surface area contributed by atoms with Gasteiger partial charge in [0.1, 0.15) is 5.82 Å². The molecule has 10 heteroatoms. The van der Waals surface area contributed by atoms with Crippen LogP contribution in [0.25, 0.3) is 0 Å². The van der Waals surface area contributed by atoms with Gasteiger partial charge in [-0.1, -0.05) is 0 Å². The van der Waals surface area contributed by atoms with Gasteiger partial charge >= 0.3 is 6.18 Å². The lowest BCUT2D eigenvalue weighted by Crippen LogP contribution is -2.57. The lowest BCUT2D eigenvalue weighted by atomic mass is 9.91. The highest BCUT2D eigenvalue weighted by molar-refractivity contribution is 5.85. The van der Waals surface area contributed by atoms with Crippen molar-refractivity contribution in [2.75, 3.05) is 24.6 Å². The monoisotopic (exact) mass is 412 g/mol. The number of allylic oxidation sites excluding steroid dienone is 1. The number of halogens is 4. The molecule has 0 radical (unpaired) electrons. The van der Waals surface area contributed by atoms with Crippen molar-refractivity contribution in [1.82, 2.24) is 10.3 Å². The number of piperidine rings is 1. The smallest absolute Gasteiger partial charge is 0.373 e. The summed E-state index contributed by atoms with van der Waals surface area (Å²) in [5.74, 6) is -2.03. The van der Waals surface area contributed by atoms with Crippen LogP contribution in [0.2, 0.25) is 0 Å². The summed E-state index contributed by atoms with van der Waals surface area (Å²) >= 11 is 0. The van der Waals surface area contributed by atoms with Crippen LogP contribution in [-0.4, -0.2) is 47.3 Å². The molecule has 156 valence electrons. The van der Waals surface area contributed by atoms with E-state index in [0.29, 0.717) is 26.3 Å². The second kappa shape index (κ2) is 7.65. The molecule has 3 rings (SSSR count). The Morgan fingerprint density at radius 2 is 1.97 bits per heavy atom. The number of nitrogens with one attached hydrogen (secondary N) is 1. The summed E-state index contributed by atoms with van der Waals surface area (Å²) in [4.78, 5) is 13.1. The van der Waals surface area contributed by atoms with Gasteiger partial charge in [0.2, 0.25) is 5.60 Å². The number of carbonyl (C=O) groups excluding carboxylic acids is 1. The molecule has 0 saturated carbocycles. The van der Waals surface area contributed by atoms with Crippen LogP contribution < -0.4 is 10.4 Å². The van der Waals surface area contributed by atoms with E-state index in [1.165, 1.54) is 12.1 Å². The zero-order valence-electron chi connectivity index (χ0n) is 15.6. The molecular formula is C19H20F4N4O2. The fourth-order valence-electron chi connectivity index (χ4n) is 3.56. The zero-order chi connectivity index (χ0) is 21.4. The highest BCUT2D eigenvalue weighted by atomic mass is 19.4. The number of nitriles is 1. The number of amides is 1.